The normalized spacial score (nSPS) is 14.0. The molecule has 0 radical (unpaired) electrons. The number of benzene rings is 4. The molecular weight excluding hydrogens is 649 g/mol. The van der Waals surface area contributed by atoms with Crippen LogP contribution in [0.3, 0.4) is 0 Å². The summed E-state index contributed by atoms with van der Waals surface area (Å²) in [6.45, 7) is 42.7. The Morgan fingerprint density at radius 1 is 0.289 bits per heavy atom. The molecule has 0 spiro atoms. The predicted molar refractivity (Wildman–Crippen MR) is 220 cm³/mol. The van der Waals surface area contributed by atoms with Gasteiger partial charge < -0.3 is 13.3 Å². The van der Waals surface area contributed by atoms with Gasteiger partial charge in [0.1, 0.15) is 17.2 Å². The Morgan fingerprint density at radius 2 is 0.467 bits per heavy atom. The van der Waals surface area contributed by atoms with Crippen LogP contribution in [-0.2, 0) is 0 Å². The average Bonchev–Trinajstić information content (AvgIpc) is 2.78. The van der Waals surface area contributed by atoms with Crippen molar-refractivity contribution >= 4 is 97.1 Å². The minimum absolute atomic E-state index is 1.08. The first-order valence-corrected chi connectivity index (χ1v) is 37.4. The molecule has 4 aromatic carbocycles. The molecule has 9 heteroatoms. The van der Waals surface area contributed by atoms with Crippen molar-refractivity contribution in [2.45, 2.75) is 118 Å². The Labute approximate surface area is 280 Å². The van der Waals surface area contributed by atoms with Gasteiger partial charge in [-0.15, -0.1) is 0 Å². The topological polar surface area (TPSA) is 27.7 Å². The van der Waals surface area contributed by atoms with Gasteiger partial charge in [0.05, 0.1) is 24.2 Å². The van der Waals surface area contributed by atoms with Gasteiger partial charge in [-0.25, -0.2) is 0 Å². The van der Waals surface area contributed by atoms with E-state index in [2.05, 4.69) is 154 Å². The van der Waals surface area contributed by atoms with Crippen LogP contribution < -0.4 is 28.8 Å². The van der Waals surface area contributed by atoms with E-state index in [9.17, 15) is 0 Å². The summed E-state index contributed by atoms with van der Waals surface area (Å²) in [7, 11) is -10.8. The largest absolute Gasteiger partial charge is 0.544 e. The summed E-state index contributed by atoms with van der Waals surface area (Å²) in [5, 5.41) is 12.0. The van der Waals surface area contributed by atoms with Crippen molar-refractivity contribution < 1.29 is 13.3 Å². The van der Waals surface area contributed by atoms with Crippen molar-refractivity contribution in [3.05, 3.63) is 36.4 Å². The predicted octanol–water partition coefficient (Wildman–Crippen LogP) is 10.4. The SMILES string of the molecule is C[Si](C)(C)Oc1cc2c3cc(O[Si](C)(C)C)c([Si](C)(C)C)cc3c3cc([Si](C)(C)C)c(O[Si](C)(C)C)cc3c2cc1[Si](C)(C)C. The molecule has 0 N–H and O–H groups in total. The summed E-state index contributed by atoms with van der Waals surface area (Å²) in [6.07, 6.45) is 0. The Morgan fingerprint density at radius 3 is 0.622 bits per heavy atom. The highest BCUT2D eigenvalue weighted by Crippen LogP contribution is 2.41. The summed E-state index contributed by atoms with van der Waals surface area (Å²) in [5.74, 6) is 3.27. The maximum Gasteiger partial charge on any atom is 0.242 e. The van der Waals surface area contributed by atoms with Crippen LogP contribution in [0.5, 0.6) is 17.2 Å². The van der Waals surface area contributed by atoms with Crippen LogP contribution in [-0.4, -0.2) is 49.2 Å². The van der Waals surface area contributed by atoms with E-state index in [-0.39, 0.29) is 0 Å². The van der Waals surface area contributed by atoms with Gasteiger partial charge in [0, 0.05) is 0 Å². The van der Waals surface area contributed by atoms with E-state index in [1.165, 1.54) is 47.9 Å². The molecule has 3 nitrogen and oxygen atoms in total. The van der Waals surface area contributed by atoms with E-state index < -0.39 is 49.2 Å². The molecule has 0 bridgehead atoms. The molecule has 246 valence electrons. The molecule has 0 aliphatic heterocycles. The Balaban J connectivity index is 2.36. The highest BCUT2D eigenvalue weighted by Gasteiger charge is 2.31. The maximum atomic E-state index is 6.92. The van der Waals surface area contributed by atoms with Gasteiger partial charge in [-0.1, -0.05) is 77.1 Å². The quantitative estimate of drug-likeness (QED) is 0.128. The molecule has 4 aromatic rings. The molecular formula is C36H60O3Si6. The zero-order chi connectivity index (χ0) is 34.3. The summed E-state index contributed by atoms with van der Waals surface area (Å²) >= 11 is 0. The first-order valence-electron chi connectivity index (χ1n) is 16.7. The van der Waals surface area contributed by atoms with Crippen molar-refractivity contribution in [1.29, 1.82) is 0 Å². The zero-order valence-electron chi connectivity index (χ0n) is 31.7. The van der Waals surface area contributed by atoms with Gasteiger partial charge in [0.15, 0.2) is 0 Å². The first kappa shape index (κ1) is 36.2. The van der Waals surface area contributed by atoms with E-state index in [0.29, 0.717) is 0 Å². The third kappa shape index (κ3) is 8.27. The standard InChI is InChI=1S/C36H60O3Si6/c1-40(2,3)34-22-28-25(19-31(34)37-43(10,11)12)26-20-32(38-44(13,14)15)35(41(4,5)6)23-29(26)30-24-36(42(7,8)9)33(21-27(28)30)39-45(16,17)18/h19-24H,1-18H3. The molecule has 0 atom stereocenters. The molecule has 0 aliphatic carbocycles. The Kier molecular flexibility index (Phi) is 9.26. The van der Waals surface area contributed by atoms with Crippen LogP contribution in [0.2, 0.25) is 118 Å². The van der Waals surface area contributed by atoms with E-state index in [1.54, 1.807) is 0 Å². The third-order valence-corrected chi connectivity index (χ3v) is 16.4. The summed E-state index contributed by atoms with van der Waals surface area (Å²) in [4.78, 5) is 0. The van der Waals surface area contributed by atoms with Crippen LogP contribution in [0.4, 0.5) is 0 Å². The number of hydrogen-bond acceptors (Lipinski definition) is 3. The zero-order valence-corrected chi connectivity index (χ0v) is 37.7. The fourth-order valence-corrected chi connectivity index (χ4v) is 13.2. The number of rotatable bonds is 9. The van der Waals surface area contributed by atoms with Crippen molar-refractivity contribution in [1.82, 2.24) is 0 Å². The second kappa shape index (κ2) is 11.5. The van der Waals surface area contributed by atoms with Crippen molar-refractivity contribution in [2.75, 3.05) is 0 Å². The van der Waals surface area contributed by atoms with Gasteiger partial charge in [0.2, 0.25) is 25.0 Å². The highest BCUT2D eigenvalue weighted by molar-refractivity contribution is 6.91. The third-order valence-electron chi connectivity index (χ3n) is 7.90. The van der Waals surface area contributed by atoms with Crippen LogP contribution >= 0.6 is 0 Å². The number of fused-ring (bicyclic) bond motifs is 6. The summed E-state index contributed by atoms with van der Waals surface area (Å²) in [6, 6.07) is 14.7. The lowest BCUT2D eigenvalue weighted by molar-refractivity contribution is 0.561. The monoisotopic (exact) mass is 708 g/mol. The lowest BCUT2D eigenvalue weighted by Gasteiger charge is -2.30. The fourth-order valence-electron chi connectivity index (χ4n) is 6.08. The molecule has 0 amide bonds. The molecule has 4 rings (SSSR count). The maximum absolute atomic E-state index is 6.92. The van der Waals surface area contributed by atoms with E-state index in [0.717, 1.165) is 17.2 Å². The van der Waals surface area contributed by atoms with Gasteiger partial charge in [0.25, 0.3) is 0 Å². The van der Waals surface area contributed by atoms with Gasteiger partial charge in [-0.3, -0.25) is 0 Å². The fraction of sp³-hybridized carbons (Fsp3) is 0.500. The van der Waals surface area contributed by atoms with Crippen molar-refractivity contribution in [2.24, 2.45) is 0 Å². The van der Waals surface area contributed by atoms with E-state index in [4.69, 9.17) is 13.3 Å². The lowest BCUT2D eigenvalue weighted by Crippen LogP contribution is -2.42. The average molecular weight is 709 g/mol. The van der Waals surface area contributed by atoms with E-state index >= 15 is 0 Å². The van der Waals surface area contributed by atoms with Crippen molar-refractivity contribution in [3.8, 4) is 17.2 Å². The molecule has 0 aliphatic rings. The van der Waals surface area contributed by atoms with Crippen LogP contribution in [0, 0.1) is 0 Å². The minimum atomic E-state index is -1.86. The summed E-state index contributed by atoms with van der Waals surface area (Å²) in [5.41, 5.74) is 0. The molecule has 45 heavy (non-hydrogen) atoms. The Bertz CT molecular complexity index is 1770. The van der Waals surface area contributed by atoms with E-state index in [1.807, 2.05) is 0 Å². The molecule has 0 fully saturated rings. The summed E-state index contributed by atoms with van der Waals surface area (Å²) < 4.78 is 20.8. The highest BCUT2D eigenvalue weighted by atomic mass is 28.4. The van der Waals surface area contributed by atoms with Gasteiger partial charge in [-0.05, 0) is 125 Å². The van der Waals surface area contributed by atoms with Crippen LogP contribution in [0.25, 0.3) is 32.3 Å². The van der Waals surface area contributed by atoms with Gasteiger partial charge in [-0.2, -0.15) is 0 Å². The Hall–Kier alpha value is -1.64. The lowest BCUT2D eigenvalue weighted by atomic mass is 9.93. The molecule has 0 unspecified atom stereocenters. The van der Waals surface area contributed by atoms with Crippen LogP contribution in [0.15, 0.2) is 36.4 Å². The van der Waals surface area contributed by atoms with Crippen LogP contribution in [0.1, 0.15) is 0 Å². The first-order chi connectivity index (χ1) is 20.1. The molecule has 0 saturated heterocycles. The second-order valence-electron chi connectivity index (χ2n) is 19.1. The molecule has 0 heterocycles. The second-order valence-corrected chi connectivity index (χ2v) is 47.5. The minimum Gasteiger partial charge on any atom is -0.544 e. The molecule has 0 aromatic heterocycles. The molecule has 0 saturated carbocycles. The van der Waals surface area contributed by atoms with Crippen molar-refractivity contribution in [3.63, 3.8) is 0 Å². The smallest absolute Gasteiger partial charge is 0.242 e. The van der Waals surface area contributed by atoms with Gasteiger partial charge >= 0.3 is 0 Å². The number of hydrogen-bond donors (Lipinski definition) is 0.